The lowest BCUT2D eigenvalue weighted by Crippen LogP contribution is -2.76. The van der Waals surface area contributed by atoms with E-state index in [1.165, 1.54) is 6.21 Å². The van der Waals surface area contributed by atoms with Gasteiger partial charge in [-0.25, -0.2) is 0 Å². The molecule has 3 saturated carbocycles. The van der Waals surface area contributed by atoms with E-state index in [0.29, 0.717) is 21.4 Å². The number of benzene rings is 2. The minimum Gasteiger partial charge on any atom is -0.480 e. The van der Waals surface area contributed by atoms with Crippen molar-refractivity contribution in [2.45, 2.75) is 43.4 Å². The van der Waals surface area contributed by atoms with Crippen molar-refractivity contribution in [3.8, 4) is 5.75 Å². The average molecular weight is 472 g/mol. The highest BCUT2D eigenvalue weighted by molar-refractivity contribution is 6.31. The van der Waals surface area contributed by atoms with Crippen molar-refractivity contribution in [1.82, 2.24) is 5.32 Å². The molecule has 3 fully saturated rings. The van der Waals surface area contributed by atoms with Gasteiger partial charge in [0.25, 0.3) is 5.91 Å². The van der Waals surface area contributed by atoms with E-state index >= 15 is 0 Å². The summed E-state index contributed by atoms with van der Waals surface area (Å²) in [6.07, 6.45) is 4.27. The molecular formula is C24H23Cl2N3O3. The predicted octanol–water partition coefficient (Wildman–Crippen LogP) is 4.86. The Hall–Kier alpha value is -2.54. The minimum absolute atomic E-state index is 0.0786. The molecule has 2 atom stereocenters. The van der Waals surface area contributed by atoms with Gasteiger partial charge in [-0.15, -0.1) is 0 Å². The number of ether oxygens (including phenoxy) is 1. The van der Waals surface area contributed by atoms with Crippen molar-refractivity contribution in [2.75, 3.05) is 5.32 Å². The van der Waals surface area contributed by atoms with Crippen molar-refractivity contribution in [1.29, 1.82) is 5.41 Å². The van der Waals surface area contributed by atoms with Gasteiger partial charge in [-0.1, -0.05) is 23.2 Å². The Bertz CT molecular complexity index is 1100. The third-order valence-electron chi connectivity index (χ3n) is 6.75. The molecule has 2 aromatic carbocycles. The molecule has 2 aromatic rings. The van der Waals surface area contributed by atoms with Gasteiger partial charge in [0, 0.05) is 51.1 Å². The molecule has 4 aliphatic rings. The molecule has 166 valence electrons. The van der Waals surface area contributed by atoms with Crippen molar-refractivity contribution in [3.05, 3.63) is 69.8 Å². The van der Waals surface area contributed by atoms with Crippen molar-refractivity contribution >= 4 is 41.0 Å². The first-order valence-corrected chi connectivity index (χ1v) is 11.3. The van der Waals surface area contributed by atoms with Crippen LogP contribution < -0.4 is 15.4 Å². The number of nitrogens with one attached hydrogen (secondary N) is 3. The largest absolute Gasteiger partial charge is 0.480 e. The lowest BCUT2D eigenvalue weighted by atomic mass is 9.37. The van der Waals surface area contributed by atoms with Crippen LogP contribution >= 0.6 is 23.2 Å². The summed E-state index contributed by atoms with van der Waals surface area (Å²) in [7, 11) is 0. The summed E-state index contributed by atoms with van der Waals surface area (Å²) in [6.45, 7) is 0. The molecule has 4 N–H and O–H groups in total. The molecule has 0 spiro atoms. The van der Waals surface area contributed by atoms with Crippen LogP contribution in [0.25, 0.3) is 0 Å². The number of carbonyl (C=O) groups excluding carboxylic acids is 1. The molecule has 0 radical (unpaired) electrons. The van der Waals surface area contributed by atoms with Gasteiger partial charge >= 0.3 is 0 Å². The molecule has 0 aromatic heterocycles. The molecule has 6 nitrogen and oxygen atoms in total. The summed E-state index contributed by atoms with van der Waals surface area (Å²) >= 11 is 11.9. The van der Waals surface area contributed by atoms with Crippen LogP contribution in [0, 0.1) is 10.8 Å². The Balaban J connectivity index is 1.20. The number of aliphatic hydroxyl groups is 1. The lowest BCUT2D eigenvalue weighted by molar-refractivity contribution is -0.155. The predicted molar refractivity (Wildman–Crippen MR) is 125 cm³/mol. The second-order valence-electron chi connectivity index (χ2n) is 9.02. The normalized spacial score (nSPS) is 30.2. The fourth-order valence-electron chi connectivity index (χ4n) is 5.20. The third-order valence-corrected chi connectivity index (χ3v) is 7.24. The number of hydrogen-bond acceptors (Lipinski definition) is 5. The molecule has 0 saturated heterocycles. The molecule has 3 aliphatic carbocycles. The van der Waals surface area contributed by atoms with E-state index in [2.05, 4.69) is 10.6 Å². The zero-order chi connectivity index (χ0) is 22.5. The Kier molecular flexibility index (Phi) is 5.19. The Morgan fingerprint density at radius 3 is 2.50 bits per heavy atom. The Labute approximate surface area is 196 Å². The summed E-state index contributed by atoms with van der Waals surface area (Å²) in [5.74, 6) is 0.280. The highest BCUT2D eigenvalue weighted by Gasteiger charge is 2.69. The minimum atomic E-state index is -0.793. The number of hydrogen-bond donors (Lipinski definition) is 4. The van der Waals surface area contributed by atoms with Crippen LogP contribution in [0.5, 0.6) is 5.75 Å². The van der Waals surface area contributed by atoms with Crippen LogP contribution in [0.1, 0.15) is 37.4 Å². The van der Waals surface area contributed by atoms with Crippen LogP contribution in [-0.4, -0.2) is 28.9 Å². The van der Waals surface area contributed by atoms with Gasteiger partial charge in [-0.3, -0.25) is 4.79 Å². The first-order chi connectivity index (χ1) is 15.3. The standard InChI is InChI=1S/C24H23Cl2N3O3/c25-15-1-4-17(5-2-15)28-10-14(9-27)23-11-24(12-23,13-23)29-22(31)21-8-19(30)18-7-16(26)3-6-20(18)32-21/h1-7,9-10,19,21,27-28,30H,8,11-13H2,(H,29,31)/b14-10+,27-9?/t19-,21+,23?,24?/m1/s1. The smallest absolute Gasteiger partial charge is 0.261 e. The summed E-state index contributed by atoms with van der Waals surface area (Å²) in [4.78, 5) is 12.9. The number of aliphatic hydroxyl groups excluding tert-OH is 1. The molecular weight excluding hydrogens is 449 g/mol. The van der Waals surface area contributed by atoms with E-state index < -0.39 is 12.2 Å². The molecule has 2 bridgehead atoms. The van der Waals surface area contributed by atoms with Crippen LogP contribution in [0.15, 0.2) is 54.2 Å². The van der Waals surface area contributed by atoms with Crippen LogP contribution in [0.2, 0.25) is 10.0 Å². The number of fused-ring (bicyclic) bond motifs is 1. The molecule has 0 unspecified atom stereocenters. The van der Waals surface area contributed by atoms with Crippen LogP contribution in [-0.2, 0) is 4.79 Å². The quantitative estimate of drug-likeness (QED) is 0.452. The van der Waals surface area contributed by atoms with E-state index in [1.807, 2.05) is 30.5 Å². The number of allylic oxidation sites excluding steroid dienone is 1. The second-order valence-corrected chi connectivity index (χ2v) is 9.89. The van der Waals surface area contributed by atoms with Crippen molar-refractivity contribution in [2.24, 2.45) is 5.41 Å². The van der Waals surface area contributed by atoms with Crippen molar-refractivity contribution < 1.29 is 14.6 Å². The maximum Gasteiger partial charge on any atom is 0.261 e. The van der Waals surface area contributed by atoms with Gasteiger partial charge in [-0.2, -0.15) is 0 Å². The highest BCUT2D eigenvalue weighted by Crippen LogP contribution is 2.70. The zero-order valence-corrected chi connectivity index (χ0v) is 18.7. The SMILES string of the molecule is N=C/C(=C\Nc1ccc(Cl)cc1)C12CC(NC(=O)[C@@H]3C[C@@H](O)c4cc(Cl)ccc4O3)(C1)C2. The van der Waals surface area contributed by atoms with Gasteiger partial charge in [0.15, 0.2) is 6.10 Å². The van der Waals surface area contributed by atoms with Crippen molar-refractivity contribution in [3.63, 3.8) is 0 Å². The first-order valence-electron chi connectivity index (χ1n) is 10.5. The van der Waals surface area contributed by atoms with E-state index in [-0.39, 0.29) is 23.3 Å². The van der Waals surface area contributed by atoms with Gasteiger partial charge < -0.3 is 25.9 Å². The maximum absolute atomic E-state index is 12.9. The summed E-state index contributed by atoms with van der Waals surface area (Å²) < 4.78 is 5.84. The Morgan fingerprint density at radius 1 is 1.12 bits per heavy atom. The number of halogens is 2. The van der Waals surface area contributed by atoms with Crippen LogP contribution in [0.4, 0.5) is 5.69 Å². The molecule has 1 heterocycles. The van der Waals surface area contributed by atoms with E-state index in [1.54, 1.807) is 18.2 Å². The summed E-state index contributed by atoms with van der Waals surface area (Å²) in [6, 6.07) is 12.4. The fourth-order valence-corrected chi connectivity index (χ4v) is 5.51. The Morgan fingerprint density at radius 2 is 1.81 bits per heavy atom. The summed E-state index contributed by atoms with van der Waals surface area (Å²) in [5.41, 5.74) is 2.09. The monoisotopic (exact) mass is 471 g/mol. The lowest BCUT2D eigenvalue weighted by Gasteiger charge is -2.71. The van der Waals surface area contributed by atoms with E-state index in [9.17, 15) is 9.90 Å². The molecule has 1 amide bonds. The first kappa shape index (κ1) is 21.3. The molecule has 32 heavy (non-hydrogen) atoms. The average Bonchev–Trinajstić information content (AvgIpc) is 2.72. The van der Waals surface area contributed by atoms with Gasteiger partial charge in [-0.05, 0) is 67.3 Å². The number of rotatable bonds is 6. The van der Waals surface area contributed by atoms with E-state index in [4.69, 9.17) is 33.3 Å². The highest BCUT2D eigenvalue weighted by atomic mass is 35.5. The van der Waals surface area contributed by atoms with Gasteiger partial charge in [0.1, 0.15) is 5.75 Å². The maximum atomic E-state index is 12.9. The third kappa shape index (κ3) is 3.66. The molecule has 6 rings (SSSR count). The zero-order valence-electron chi connectivity index (χ0n) is 17.2. The molecule has 8 heteroatoms. The number of amides is 1. The van der Waals surface area contributed by atoms with Gasteiger partial charge in [0.05, 0.1) is 6.10 Å². The van der Waals surface area contributed by atoms with Crippen LogP contribution in [0.3, 0.4) is 0 Å². The summed E-state index contributed by atoms with van der Waals surface area (Å²) in [5, 5.41) is 25.8. The molecule has 1 aliphatic heterocycles. The topological polar surface area (TPSA) is 94.4 Å². The van der Waals surface area contributed by atoms with Gasteiger partial charge in [0.2, 0.25) is 0 Å². The fraction of sp³-hybridized carbons (Fsp3) is 0.333. The number of anilines is 1. The number of carbonyl (C=O) groups is 1. The second kappa shape index (κ2) is 7.80. The van der Waals surface area contributed by atoms with E-state index in [0.717, 1.165) is 30.5 Å².